The van der Waals surface area contributed by atoms with Crippen molar-refractivity contribution in [2.24, 2.45) is 12.0 Å². The first-order valence-electron chi connectivity index (χ1n) is 8.87. The monoisotopic (exact) mass is 488 g/mol. The van der Waals surface area contributed by atoms with Crippen LogP contribution < -0.4 is 5.32 Å². The Hall–Kier alpha value is -1.62. The predicted octanol–water partition coefficient (Wildman–Crippen LogP) is 2.47. The molecule has 1 unspecified atom stereocenters. The van der Waals surface area contributed by atoms with Gasteiger partial charge in [0.1, 0.15) is 11.9 Å². The number of halogens is 1. The zero-order valence-corrected chi connectivity index (χ0v) is 18.9. The molecule has 0 saturated carbocycles. The molecule has 1 aliphatic rings. The summed E-state index contributed by atoms with van der Waals surface area (Å²) in [7, 11) is 3.69. The molecular weight excluding hydrogens is 459 g/mol. The molecule has 8 nitrogen and oxygen atoms in total. The van der Waals surface area contributed by atoms with Gasteiger partial charge in [-0.3, -0.25) is 9.67 Å². The van der Waals surface area contributed by atoms with E-state index in [1.54, 1.807) is 17.9 Å². The maximum atomic E-state index is 5.90. The number of rotatable bonds is 3. The zero-order valence-electron chi connectivity index (χ0n) is 16.6. The van der Waals surface area contributed by atoms with E-state index in [9.17, 15) is 0 Å². The molecule has 1 atom stereocenters. The number of morpholine rings is 1. The maximum absolute atomic E-state index is 5.90. The predicted molar refractivity (Wildman–Crippen MR) is 114 cm³/mol. The lowest BCUT2D eigenvalue weighted by Crippen LogP contribution is -2.47. The molecule has 0 radical (unpaired) electrons. The van der Waals surface area contributed by atoms with Crippen LogP contribution in [0, 0.1) is 0 Å². The summed E-state index contributed by atoms with van der Waals surface area (Å²) in [5, 5.41) is 7.57. The molecule has 150 valence electrons. The molecule has 1 aliphatic heterocycles. The number of guanidine groups is 1. The van der Waals surface area contributed by atoms with Gasteiger partial charge < -0.3 is 19.4 Å². The summed E-state index contributed by atoms with van der Waals surface area (Å²) >= 11 is 0. The van der Waals surface area contributed by atoms with Crippen molar-refractivity contribution < 1.29 is 9.15 Å². The summed E-state index contributed by atoms with van der Waals surface area (Å²) in [5.74, 6) is 2.36. The number of hydrogen-bond donors (Lipinski definition) is 1. The van der Waals surface area contributed by atoms with Crippen LogP contribution in [-0.2, 0) is 23.7 Å². The first kappa shape index (κ1) is 21.7. The highest BCUT2D eigenvalue weighted by molar-refractivity contribution is 14.0. The van der Waals surface area contributed by atoms with Gasteiger partial charge in [0.25, 0.3) is 0 Å². The fourth-order valence-corrected chi connectivity index (χ4v) is 2.88. The molecule has 1 saturated heterocycles. The summed E-state index contributed by atoms with van der Waals surface area (Å²) in [6.45, 7) is 8.98. The number of oxazole rings is 1. The summed E-state index contributed by atoms with van der Waals surface area (Å²) in [4.78, 5) is 11.0. The Balaban J connectivity index is 0.00000261. The van der Waals surface area contributed by atoms with Crippen LogP contribution in [0.2, 0.25) is 0 Å². The second-order valence-electron chi connectivity index (χ2n) is 7.52. The lowest BCUT2D eigenvalue weighted by molar-refractivity contribution is -0.00808. The molecule has 2 aromatic rings. The molecule has 0 amide bonds. The quantitative estimate of drug-likeness (QED) is 0.406. The number of hydrogen-bond acceptors (Lipinski definition) is 5. The van der Waals surface area contributed by atoms with Gasteiger partial charge in [-0.05, 0) is 0 Å². The van der Waals surface area contributed by atoms with Crippen molar-refractivity contribution in [3.05, 3.63) is 35.8 Å². The fourth-order valence-electron chi connectivity index (χ4n) is 2.88. The van der Waals surface area contributed by atoms with Crippen LogP contribution in [0.1, 0.15) is 44.1 Å². The van der Waals surface area contributed by atoms with E-state index in [1.165, 1.54) is 0 Å². The van der Waals surface area contributed by atoms with Gasteiger partial charge in [-0.2, -0.15) is 5.10 Å². The lowest BCUT2D eigenvalue weighted by atomic mass is 9.94. The van der Waals surface area contributed by atoms with E-state index < -0.39 is 0 Å². The van der Waals surface area contributed by atoms with Crippen LogP contribution in [-0.4, -0.2) is 52.4 Å². The van der Waals surface area contributed by atoms with E-state index in [0.29, 0.717) is 19.0 Å². The molecule has 0 aliphatic carbocycles. The third kappa shape index (κ3) is 5.44. The average molecular weight is 488 g/mol. The Kier molecular flexibility index (Phi) is 7.26. The fraction of sp³-hybridized carbons (Fsp3) is 0.611. The van der Waals surface area contributed by atoms with E-state index in [2.05, 4.69) is 46.1 Å². The van der Waals surface area contributed by atoms with Crippen molar-refractivity contribution in [3.63, 3.8) is 0 Å². The van der Waals surface area contributed by atoms with Gasteiger partial charge in [0.15, 0.2) is 5.96 Å². The minimum Gasteiger partial charge on any atom is -0.443 e. The minimum atomic E-state index is -0.0475. The summed E-state index contributed by atoms with van der Waals surface area (Å²) in [5.41, 5.74) is 1.03. The third-order valence-electron chi connectivity index (χ3n) is 4.36. The molecular formula is C18H29IN6O2. The van der Waals surface area contributed by atoms with Gasteiger partial charge in [0, 0.05) is 37.8 Å². The van der Waals surface area contributed by atoms with Gasteiger partial charge in [0.2, 0.25) is 5.89 Å². The number of aryl methyl sites for hydroxylation is 1. The molecule has 3 rings (SSSR count). The number of aromatic nitrogens is 3. The number of nitrogens with zero attached hydrogens (tertiary/aromatic N) is 5. The van der Waals surface area contributed by atoms with Crippen LogP contribution in [0.15, 0.2) is 28.0 Å². The van der Waals surface area contributed by atoms with Gasteiger partial charge in [-0.1, -0.05) is 20.8 Å². The molecule has 0 spiro atoms. The zero-order chi connectivity index (χ0) is 18.7. The largest absolute Gasteiger partial charge is 0.443 e. The first-order valence-corrected chi connectivity index (χ1v) is 8.87. The topological polar surface area (TPSA) is 80.7 Å². The summed E-state index contributed by atoms with van der Waals surface area (Å²) < 4.78 is 13.5. The molecule has 0 aromatic carbocycles. The number of ether oxygens (including phenoxy) is 1. The van der Waals surface area contributed by atoms with E-state index in [0.717, 1.165) is 30.4 Å². The Morgan fingerprint density at radius 2 is 2.15 bits per heavy atom. The van der Waals surface area contributed by atoms with E-state index in [4.69, 9.17) is 9.15 Å². The van der Waals surface area contributed by atoms with Crippen molar-refractivity contribution >= 4 is 29.9 Å². The van der Waals surface area contributed by atoms with Gasteiger partial charge in [-0.25, -0.2) is 4.98 Å². The van der Waals surface area contributed by atoms with Crippen molar-refractivity contribution in [2.45, 2.75) is 38.8 Å². The van der Waals surface area contributed by atoms with Crippen molar-refractivity contribution in [2.75, 3.05) is 26.7 Å². The second-order valence-corrected chi connectivity index (χ2v) is 7.52. The smallest absolute Gasteiger partial charge is 0.213 e. The Morgan fingerprint density at radius 1 is 1.37 bits per heavy atom. The molecule has 1 N–H and O–H groups in total. The van der Waals surface area contributed by atoms with E-state index in [-0.39, 0.29) is 35.5 Å². The van der Waals surface area contributed by atoms with Crippen LogP contribution >= 0.6 is 24.0 Å². The average Bonchev–Trinajstić information content (AvgIpc) is 3.24. The van der Waals surface area contributed by atoms with Gasteiger partial charge in [0.05, 0.1) is 32.1 Å². The third-order valence-corrected chi connectivity index (χ3v) is 4.36. The van der Waals surface area contributed by atoms with Crippen LogP contribution in [0.25, 0.3) is 0 Å². The molecule has 2 aromatic heterocycles. The van der Waals surface area contributed by atoms with Crippen LogP contribution in [0.4, 0.5) is 0 Å². The highest BCUT2D eigenvalue weighted by Gasteiger charge is 2.25. The van der Waals surface area contributed by atoms with E-state index in [1.807, 2.05) is 19.4 Å². The van der Waals surface area contributed by atoms with Crippen molar-refractivity contribution in [1.82, 2.24) is 25.0 Å². The lowest BCUT2D eigenvalue weighted by Gasteiger charge is -2.34. The second kappa shape index (κ2) is 9.05. The Morgan fingerprint density at radius 3 is 2.74 bits per heavy atom. The van der Waals surface area contributed by atoms with Gasteiger partial charge in [-0.15, -0.1) is 24.0 Å². The highest BCUT2D eigenvalue weighted by Crippen LogP contribution is 2.23. The number of aliphatic imine (C=N–C) groups is 1. The minimum absolute atomic E-state index is 0. The molecule has 0 bridgehead atoms. The van der Waals surface area contributed by atoms with Gasteiger partial charge >= 0.3 is 0 Å². The Bertz CT molecular complexity index is 764. The molecule has 3 heterocycles. The van der Waals surface area contributed by atoms with Crippen molar-refractivity contribution in [1.29, 1.82) is 0 Å². The highest BCUT2D eigenvalue weighted by atomic mass is 127. The van der Waals surface area contributed by atoms with Crippen LogP contribution in [0.5, 0.6) is 0 Å². The summed E-state index contributed by atoms with van der Waals surface area (Å²) in [6, 6.07) is 0. The summed E-state index contributed by atoms with van der Waals surface area (Å²) in [6.07, 6.45) is 5.63. The normalized spacial score (nSPS) is 18.3. The SMILES string of the molecule is CN=C(NCc1ncc(C(C)(C)C)o1)N1CCOC(c2cnn(C)c2)C1.I. The maximum Gasteiger partial charge on any atom is 0.213 e. The number of nitrogens with one attached hydrogen (secondary N) is 1. The van der Waals surface area contributed by atoms with Crippen molar-refractivity contribution in [3.8, 4) is 0 Å². The van der Waals surface area contributed by atoms with Crippen LogP contribution in [0.3, 0.4) is 0 Å². The van der Waals surface area contributed by atoms with E-state index >= 15 is 0 Å². The molecule has 9 heteroatoms. The standard InChI is InChI=1S/C18H28N6O2.HI/c1-18(2,3)15-9-20-16(26-15)10-21-17(19-4)24-6-7-25-14(12-24)13-8-22-23(5)11-13;/h8-9,11,14H,6-7,10,12H2,1-5H3,(H,19,21);1H. The Labute approximate surface area is 177 Å². The molecule has 1 fully saturated rings. The molecule has 27 heavy (non-hydrogen) atoms. The first-order chi connectivity index (χ1) is 12.4.